The highest BCUT2D eigenvalue weighted by atomic mass is 16.5. The average molecular weight is 113 g/mol. The van der Waals surface area contributed by atoms with E-state index in [2.05, 4.69) is 17.6 Å². The van der Waals surface area contributed by atoms with Gasteiger partial charge in [0, 0.05) is 6.54 Å². The number of nitrogens with zero attached hydrogens (tertiary/aromatic N) is 2. The average Bonchev–Trinajstić information content (AvgIpc) is 1.68. The molecule has 0 aliphatic rings. The molecule has 8 heavy (non-hydrogen) atoms. The van der Waals surface area contributed by atoms with Crippen LogP contribution in [-0.2, 0) is 0 Å². The smallest absolute Gasteiger partial charge is 0.0242 e. The molecule has 3 heteroatoms. The Morgan fingerprint density at radius 3 is 2.88 bits per heavy atom. The van der Waals surface area contributed by atoms with Gasteiger partial charge in [-0.25, -0.2) is 0 Å². The molecule has 46 valence electrons. The summed E-state index contributed by atoms with van der Waals surface area (Å²) in [4.78, 5) is 0. The lowest BCUT2D eigenvalue weighted by Crippen LogP contribution is -2.07. The predicted octanol–water partition coefficient (Wildman–Crippen LogP) is 0.967. The third kappa shape index (κ3) is 3.40. The number of rotatable bonds is 3. The molecule has 0 fully saturated rings. The third-order valence-electron chi connectivity index (χ3n) is 0.597. The van der Waals surface area contributed by atoms with E-state index in [0.717, 1.165) is 6.42 Å². The largest absolute Gasteiger partial charge is 0.741 e. The molecule has 0 aliphatic carbocycles. The molecule has 3 nitrogen and oxygen atoms in total. The van der Waals surface area contributed by atoms with Crippen LogP contribution in [0.5, 0.6) is 0 Å². The van der Waals surface area contributed by atoms with E-state index < -0.39 is 0 Å². The molecular weight excluding hydrogens is 104 g/mol. The lowest BCUT2D eigenvalue weighted by molar-refractivity contribution is 0.403. The van der Waals surface area contributed by atoms with Crippen LogP contribution in [-0.4, -0.2) is 17.6 Å². The van der Waals surface area contributed by atoms with Gasteiger partial charge in [-0.2, -0.15) is 0 Å². The van der Waals surface area contributed by atoms with Crippen molar-refractivity contribution in [3.8, 4) is 0 Å². The Morgan fingerprint density at radius 1 is 1.88 bits per heavy atom. The minimum absolute atomic E-state index is 0.419. The Balaban J connectivity index is 3.31. The van der Waals surface area contributed by atoms with Gasteiger partial charge in [0.05, 0.1) is 0 Å². The molecule has 0 aromatic carbocycles. The molecule has 0 rings (SSSR count). The van der Waals surface area contributed by atoms with Gasteiger partial charge in [-0.3, -0.25) is 0 Å². The first-order valence-corrected chi connectivity index (χ1v) is 2.48. The summed E-state index contributed by atoms with van der Waals surface area (Å²) >= 11 is 0. The van der Waals surface area contributed by atoms with E-state index in [1.54, 1.807) is 0 Å². The maximum atomic E-state index is 10.3. The Morgan fingerprint density at radius 2 is 2.50 bits per heavy atom. The summed E-state index contributed by atoms with van der Waals surface area (Å²) in [5.74, 6) is 2.14. The Kier molecular flexibility index (Phi) is 3.94. The summed E-state index contributed by atoms with van der Waals surface area (Å²) in [7, 11) is 0. The minimum atomic E-state index is 0.419. The van der Waals surface area contributed by atoms with Crippen molar-refractivity contribution in [3.63, 3.8) is 0 Å². The lowest BCUT2D eigenvalue weighted by Gasteiger charge is -2.20. The molecule has 0 bridgehead atoms. The predicted molar refractivity (Wildman–Crippen MR) is 33.4 cm³/mol. The first-order valence-electron chi connectivity index (χ1n) is 2.48. The quantitative estimate of drug-likeness (QED) is 0.404. The van der Waals surface area contributed by atoms with Crippen LogP contribution >= 0.6 is 0 Å². The zero-order valence-electron chi connectivity index (χ0n) is 4.92. The fraction of sp³-hybridized carbons (Fsp3) is 0.600. The second-order valence-corrected chi connectivity index (χ2v) is 1.33. The molecule has 0 aromatic rings. The van der Waals surface area contributed by atoms with Crippen LogP contribution < -0.4 is 0 Å². The van der Waals surface area contributed by atoms with Gasteiger partial charge in [-0.1, -0.05) is 6.92 Å². The molecular formula is C5H9N2O-. The first-order chi connectivity index (χ1) is 3.81. The summed E-state index contributed by atoms with van der Waals surface area (Å²) in [6.07, 6.45) is 0.800. The van der Waals surface area contributed by atoms with Crippen molar-refractivity contribution in [1.29, 1.82) is 0 Å². The highest BCUT2D eigenvalue weighted by Crippen LogP contribution is 1.84. The van der Waals surface area contributed by atoms with E-state index in [1.807, 2.05) is 6.92 Å². The van der Waals surface area contributed by atoms with Crippen molar-refractivity contribution in [2.24, 2.45) is 5.10 Å². The zero-order valence-corrected chi connectivity index (χ0v) is 4.92. The topological polar surface area (TPSA) is 38.7 Å². The van der Waals surface area contributed by atoms with Gasteiger partial charge in [0.2, 0.25) is 0 Å². The van der Waals surface area contributed by atoms with Crippen molar-refractivity contribution >= 4 is 5.87 Å². The second-order valence-electron chi connectivity index (χ2n) is 1.33. The standard InChI is InChI=1S/C5H9N2O/c1-3-5-7(8)6-4-2/h2-3,5H2,1H3/q-1. The van der Waals surface area contributed by atoms with E-state index in [1.165, 1.54) is 0 Å². The van der Waals surface area contributed by atoms with Crippen LogP contribution in [0.4, 0.5) is 0 Å². The normalized spacial score (nSPS) is 7.75. The van der Waals surface area contributed by atoms with Crippen LogP contribution in [0.1, 0.15) is 13.3 Å². The molecule has 0 aliphatic heterocycles. The maximum Gasteiger partial charge on any atom is 0.0242 e. The monoisotopic (exact) mass is 113 g/mol. The molecule has 0 aromatic heterocycles. The SMILES string of the molecule is C=C=NN([O-])CCC. The van der Waals surface area contributed by atoms with E-state index in [-0.39, 0.29) is 0 Å². The van der Waals surface area contributed by atoms with Crippen LogP contribution in [0.25, 0.3) is 0 Å². The van der Waals surface area contributed by atoms with Crippen LogP contribution in [0, 0.1) is 5.21 Å². The van der Waals surface area contributed by atoms with Gasteiger partial charge in [0.15, 0.2) is 0 Å². The van der Waals surface area contributed by atoms with Crippen molar-refractivity contribution in [3.05, 3.63) is 11.8 Å². The number of hydroxylamine groups is 1. The number of hydrazone groups is 1. The van der Waals surface area contributed by atoms with E-state index in [0.29, 0.717) is 11.7 Å². The molecule has 0 atom stereocenters. The Bertz CT molecular complexity index is 96.6. The van der Waals surface area contributed by atoms with Gasteiger partial charge in [-0.15, -0.1) is 5.10 Å². The van der Waals surface area contributed by atoms with Crippen LogP contribution in [0.2, 0.25) is 0 Å². The molecule has 0 unspecified atom stereocenters. The van der Waals surface area contributed by atoms with Crippen molar-refractivity contribution in [1.82, 2.24) is 5.17 Å². The molecule has 0 saturated heterocycles. The van der Waals surface area contributed by atoms with Crippen molar-refractivity contribution in [2.45, 2.75) is 13.3 Å². The summed E-state index contributed by atoms with van der Waals surface area (Å²) in [5, 5.41) is 14.1. The highest BCUT2D eigenvalue weighted by molar-refractivity contribution is 5.45. The molecule has 0 saturated carbocycles. The molecule has 0 amide bonds. The zero-order chi connectivity index (χ0) is 6.41. The van der Waals surface area contributed by atoms with Gasteiger partial charge >= 0.3 is 0 Å². The summed E-state index contributed by atoms with van der Waals surface area (Å²) in [6.45, 7) is 5.48. The van der Waals surface area contributed by atoms with Gasteiger partial charge < -0.3 is 10.4 Å². The molecule has 0 radical (unpaired) electrons. The maximum absolute atomic E-state index is 10.3. The number of hydrogen-bond acceptors (Lipinski definition) is 3. The Labute approximate surface area is 48.9 Å². The van der Waals surface area contributed by atoms with Crippen LogP contribution in [0.3, 0.4) is 0 Å². The molecule has 0 heterocycles. The van der Waals surface area contributed by atoms with Gasteiger partial charge in [0.25, 0.3) is 0 Å². The van der Waals surface area contributed by atoms with Gasteiger partial charge in [0.1, 0.15) is 0 Å². The third-order valence-corrected chi connectivity index (χ3v) is 0.597. The van der Waals surface area contributed by atoms with Crippen molar-refractivity contribution < 1.29 is 0 Å². The second kappa shape index (κ2) is 4.37. The van der Waals surface area contributed by atoms with E-state index >= 15 is 0 Å². The Hall–Kier alpha value is -0.790. The molecule has 0 N–H and O–H groups in total. The lowest BCUT2D eigenvalue weighted by atomic mass is 10.5. The van der Waals surface area contributed by atoms with E-state index in [4.69, 9.17) is 0 Å². The minimum Gasteiger partial charge on any atom is -0.741 e. The highest BCUT2D eigenvalue weighted by Gasteiger charge is 1.76. The fourth-order valence-corrected chi connectivity index (χ4v) is 0.320. The van der Waals surface area contributed by atoms with E-state index in [9.17, 15) is 5.21 Å². The summed E-state index contributed by atoms with van der Waals surface area (Å²) in [5.41, 5.74) is 0. The fourth-order valence-electron chi connectivity index (χ4n) is 0.320. The summed E-state index contributed by atoms with van der Waals surface area (Å²) < 4.78 is 0. The van der Waals surface area contributed by atoms with Gasteiger partial charge in [-0.05, 0) is 18.9 Å². The number of hydrogen-bond donors (Lipinski definition) is 0. The first kappa shape index (κ1) is 7.21. The van der Waals surface area contributed by atoms with Crippen molar-refractivity contribution in [2.75, 3.05) is 6.54 Å². The summed E-state index contributed by atoms with van der Waals surface area (Å²) in [6, 6.07) is 0. The van der Waals surface area contributed by atoms with Crippen LogP contribution in [0.15, 0.2) is 11.7 Å². The molecule has 0 spiro atoms.